The third-order valence-electron chi connectivity index (χ3n) is 6.87. The molecule has 0 radical (unpaired) electrons. The van der Waals surface area contributed by atoms with Gasteiger partial charge in [-0.2, -0.15) is 0 Å². The minimum absolute atomic E-state index is 0.0760. The largest absolute Gasteiger partial charge is 0.493 e. The number of fused-ring (bicyclic) bond motifs is 1. The van der Waals surface area contributed by atoms with Crippen LogP contribution in [0.1, 0.15) is 43.7 Å². The highest BCUT2D eigenvalue weighted by molar-refractivity contribution is 6.09. The van der Waals surface area contributed by atoms with Crippen molar-refractivity contribution >= 4 is 17.8 Å². The van der Waals surface area contributed by atoms with Crippen molar-refractivity contribution in [1.29, 1.82) is 0 Å². The van der Waals surface area contributed by atoms with Crippen LogP contribution >= 0.6 is 0 Å². The Hall–Kier alpha value is -2.77. The maximum atomic E-state index is 13.1. The fourth-order valence-corrected chi connectivity index (χ4v) is 4.97. The molecule has 1 spiro atoms. The smallest absolute Gasteiger partial charge is 0.325 e. The SMILES string of the molecule is COc1cc2c(cc1OC)CN(C(=O)CN1C(=O)N[C@@]3(CCCC[C@H]3C)C1=O)CC2. The monoisotopic (exact) mass is 415 g/mol. The van der Waals surface area contributed by atoms with Gasteiger partial charge in [0.05, 0.1) is 14.2 Å². The van der Waals surface area contributed by atoms with Gasteiger partial charge < -0.3 is 19.7 Å². The third kappa shape index (κ3) is 3.28. The average Bonchev–Trinajstić information content (AvgIpc) is 2.99. The number of hydrogen-bond acceptors (Lipinski definition) is 5. The first-order valence-corrected chi connectivity index (χ1v) is 10.5. The van der Waals surface area contributed by atoms with E-state index in [9.17, 15) is 14.4 Å². The summed E-state index contributed by atoms with van der Waals surface area (Å²) in [6.07, 6.45) is 4.20. The van der Waals surface area contributed by atoms with E-state index in [-0.39, 0.29) is 24.3 Å². The second kappa shape index (κ2) is 7.81. The van der Waals surface area contributed by atoms with Crippen LogP contribution in [0.4, 0.5) is 4.79 Å². The molecule has 4 amide bonds. The van der Waals surface area contributed by atoms with Crippen LogP contribution in [0.3, 0.4) is 0 Å². The van der Waals surface area contributed by atoms with Gasteiger partial charge in [-0.05, 0) is 48.4 Å². The van der Waals surface area contributed by atoms with Crippen molar-refractivity contribution < 1.29 is 23.9 Å². The van der Waals surface area contributed by atoms with Crippen molar-refractivity contribution in [2.45, 2.75) is 51.1 Å². The Morgan fingerprint density at radius 3 is 2.53 bits per heavy atom. The van der Waals surface area contributed by atoms with Gasteiger partial charge in [0.25, 0.3) is 5.91 Å². The van der Waals surface area contributed by atoms with Crippen molar-refractivity contribution in [3.05, 3.63) is 23.3 Å². The molecule has 2 fully saturated rings. The Labute approximate surface area is 176 Å². The number of imide groups is 1. The molecule has 1 aliphatic carbocycles. The van der Waals surface area contributed by atoms with Gasteiger partial charge in [-0.15, -0.1) is 0 Å². The zero-order valence-electron chi connectivity index (χ0n) is 17.8. The molecule has 0 bridgehead atoms. The van der Waals surface area contributed by atoms with E-state index in [1.54, 1.807) is 19.1 Å². The highest BCUT2D eigenvalue weighted by Gasteiger charge is 2.55. The van der Waals surface area contributed by atoms with Gasteiger partial charge in [-0.3, -0.25) is 14.5 Å². The molecule has 30 heavy (non-hydrogen) atoms. The standard InChI is InChI=1S/C22H29N3O5/c1-14-6-4-5-8-22(14)20(27)25(21(28)23-22)13-19(26)24-9-7-15-10-17(29-2)18(30-3)11-16(15)12-24/h10-11,14H,4-9,12-13H2,1-3H3,(H,23,28)/t14-,22-/m1/s1. The normalized spacial score (nSPS) is 25.9. The van der Waals surface area contributed by atoms with Gasteiger partial charge in [0.2, 0.25) is 5.91 Å². The Balaban J connectivity index is 1.47. The first-order valence-electron chi connectivity index (χ1n) is 10.5. The fourth-order valence-electron chi connectivity index (χ4n) is 4.97. The predicted molar refractivity (Wildman–Crippen MR) is 109 cm³/mol. The fraction of sp³-hybridized carbons (Fsp3) is 0.591. The summed E-state index contributed by atoms with van der Waals surface area (Å²) in [6.45, 7) is 2.74. The molecule has 1 saturated carbocycles. The van der Waals surface area contributed by atoms with Gasteiger partial charge in [-0.1, -0.05) is 19.8 Å². The molecule has 2 atom stereocenters. The average molecular weight is 415 g/mol. The van der Waals surface area contributed by atoms with Crippen molar-refractivity contribution in [2.24, 2.45) is 5.92 Å². The number of methoxy groups -OCH3 is 2. The molecule has 8 heteroatoms. The molecule has 8 nitrogen and oxygen atoms in total. The molecule has 0 unspecified atom stereocenters. The quantitative estimate of drug-likeness (QED) is 0.761. The lowest BCUT2D eigenvalue weighted by molar-refractivity contribution is -0.141. The molecule has 1 aromatic rings. The Kier molecular flexibility index (Phi) is 5.34. The maximum Gasteiger partial charge on any atom is 0.325 e. The number of hydrogen-bond donors (Lipinski definition) is 1. The summed E-state index contributed by atoms with van der Waals surface area (Å²) < 4.78 is 10.7. The molecule has 1 aromatic carbocycles. The summed E-state index contributed by atoms with van der Waals surface area (Å²) in [5.41, 5.74) is 1.26. The van der Waals surface area contributed by atoms with Crippen molar-refractivity contribution in [3.8, 4) is 11.5 Å². The Morgan fingerprint density at radius 2 is 1.87 bits per heavy atom. The van der Waals surface area contributed by atoms with Gasteiger partial charge >= 0.3 is 6.03 Å². The maximum absolute atomic E-state index is 13.1. The molecular formula is C22H29N3O5. The summed E-state index contributed by atoms with van der Waals surface area (Å²) in [4.78, 5) is 41.5. The van der Waals surface area contributed by atoms with Crippen LogP contribution in [0.25, 0.3) is 0 Å². The van der Waals surface area contributed by atoms with E-state index in [1.165, 1.54) is 0 Å². The van der Waals surface area contributed by atoms with E-state index < -0.39 is 11.6 Å². The molecule has 2 aliphatic heterocycles. The Morgan fingerprint density at radius 1 is 1.17 bits per heavy atom. The van der Waals surface area contributed by atoms with E-state index in [4.69, 9.17) is 9.47 Å². The van der Waals surface area contributed by atoms with E-state index in [2.05, 4.69) is 5.32 Å². The highest BCUT2D eigenvalue weighted by atomic mass is 16.5. The van der Waals surface area contributed by atoms with Crippen LogP contribution in [-0.2, 0) is 22.6 Å². The van der Waals surface area contributed by atoms with Crippen LogP contribution in [0.15, 0.2) is 12.1 Å². The predicted octanol–water partition coefficient (Wildman–Crippen LogP) is 2.09. The summed E-state index contributed by atoms with van der Waals surface area (Å²) in [5, 5.41) is 2.91. The molecule has 3 aliphatic rings. The lowest BCUT2D eigenvalue weighted by atomic mass is 9.73. The molecule has 1 saturated heterocycles. The first kappa shape index (κ1) is 20.5. The molecular weight excluding hydrogens is 386 g/mol. The van der Waals surface area contributed by atoms with E-state index in [1.807, 2.05) is 19.1 Å². The summed E-state index contributed by atoms with van der Waals surface area (Å²) >= 11 is 0. The van der Waals surface area contributed by atoms with E-state index in [0.29, 0.717) is 37.4 Å². The molecule has 1 N–H and O–H groups in total. The number of nitrogens with one attached hydrogen (secondary N) is 1. The van der Waals surface area contributed by atoms with Crippen molar-refractivity contribution in [1.82, 2.24) is 15.1 Å². The van der Waals surface area contributed by atoms with Gasteiger partial charge in [0, 0.05) is 13.1 Å². The molecule has 162 valence electrons. The zero-order chi connectivity index (χ0) is 21.5. The second-order valence-corrected chi connectivity index (χ2v) is 8.48. The van der Waals surface area contributed by atoms with E-state index in [0.717, 1.165) is 35.3 Å². The number of amides is 4. The number of benzene rings is 1. The third-order valence-corrected chi connectivity index (χ3v) is 6.87. The lowest BCUT2D eigenvalue weighted by Crippen LogP contribution is -2.54. The molecule has 4 rings (SSSR count). The topological polar surface area (TPSA) is 88.2 Å². The number of ether oxygens (including phenoxy) is 2. The summed E-state index contributed by atoms with van der Waals surface area (Å²) in [7, 11) is 3.18. The number of rotatable bonds is 4. The number of carbonyl (C=O) groups excluding carboxylic acids is 3. The van der Waals surface area contributed by atoms with Crippen LogP contribution in [0.5, 0.6) is 11.5 Å². The highest BCUT2D eigenvalue weighted by Crippen LogP contribution is 2.38. The van der Waals surface area contributed by atoms with Gasteiger partial charge in [0.15, 0.2) is 11.5 Å². The first-order chi connectivity index (χ1) is 14.4. The van der Waals surface area contributed by atoms with Crippen LogP contribution in [0, 0.1) is 5.92 Å². The number of carbonyl (C=O) groups is 3. The number of nitrogens with zero attached hydrogens (tertiary/aromatic N) is 2. The zero-order valence-corrected chi connectivity index (χ0v) is 17.8. The minimum Gasteiger partial charge on any atom is -0.493 e. The minimum atomic E-state index is -0.839. The molecule has 0 aromatic heterocycles. The van der Waals surface area contributed by atoms with Crippen LogP contribution in [-0.4, -0.2) is 60.5 Å². The summed E-state index contributed by atoms with van der Waals surface area (Å²) in [5.74, 6) is 0.888. The van der Waals surface area contributed by atoms with E-state index >= 15 is 0 Å². The number of urea groups is 1. The Bertz CT molecular complexity index is 886. The van der Waals surface area contributed by atoms with Gasteiger partial charge in [-0.25, -0.2) is 4.79 Å². The second-order valence-electron chi connectivity index (χ2n) is 8.48. The van der Waals surface area contributed by atoms with Crippen molar-refractivity contribution in [3.63, 3.8) is 0 Å². The van der Waals surface area contributed by atoms with Crippen molar-refractivity contribution in [2.75, 3.05) is 27.3 Å². The van der Waals surface area contributed by atoms with Crippen LogP contribution in [0.2, 0.25) is 0 Å². The summed E-state index contributed by atoms with van der Waals surface area (Å²) in [6, 6.07) is 3.38. The lowest BCUT2D eigenvalue weighted by Gasteiger charge is -2.37. The van der Waals surface area contributed by atoms with Crippen LogP contribution < -0.4 is 14.8 Å². The van der Waals surface area contributed by atoms with Gasteiger partial charge in [0.1, 0.15) is 12.1 Å². The molecule has 2 heterocycles.